The molecular formula is C13H25ClN2O2S2Si. The van der Waals surface area contributed by atoms with Gasteiger partial charge >= 0.3 is 0 Å². The Kier molecular flexibility index (Phi) is 5.11. The molecule has 0 saturated heterocycles. The van der Waals surface area contributed by atoms with E-state index in [0.717, 1.165) is 0 Å². The van der Waals surface area contributed by atoms with Gasteiger partial charge in [-0.15, -0.1) is 11.3 Å². The molecule has 122 valence electrons. The molecule has 0 amide bonds. The molecule has 21 heavy (non-hydrogen) atoms. The van der Waals surface area contributed by atoms with Gasteiger partial charge in [-0.25, -0.2) is 9.35 Å². The molecule has 0 saturated carbocycles. The summed E-state index contributed by atoms with van der Waals surface area (Å²) in [5, 5.41) is 16.4. The molecule has 4 nitrogen and oxygen atoms in total. The zero-order valence-corrected chi connectivity index (χ0v) is 17.0. The Balaban J connectivity index is 3.43. The molecule has 8 heteroatoms. The van der Waals surface area contributed by atoms with E-state index in [1.165, 1.54) is 11.3 Å². The Labute approximate surface area is 138 Å². The Bertz CT molecular complexity index is 648. The second-order valence-corrected chi connectivity index (χ2v) is 15.9. The van der Waals surface area contributed by atoms with Gasteiger partial charge in [-0.05, 0) is 38.0 Å². The molecule has 0 aliphatic heterocycles. The highest BCUT2D eigenvalue weighted by molar-refractivity contribution is 7.94. The quantitative estimate of drug-likeness (QED) is 0.778. The van der Waals surface area contributed by atoms with Crippen molar-refractivity contribution in [2.45, 2.75) is 62.6 Å². The van der Waals surface area contributed by atoms with E-state index >= 15 is 0 Å². The summed E-state index contributed by atoms with van der Waals surface area (Å²) in [5.74, 6) is 0. The number of hydrogen-bond donors (Lipinski definition) is 2. The lowest BCUT2D eigenvalue weighted by atomic mass is 10.1. The third kappa shape index (κ3) is 4.30. The van der Waals surface area contributed by atoms with E-state index in [9.17, 15) is 9.32 Å². The van der Waals surface area contributed by atoms with Gasteiger partial charge < -0.3 is 5.11 Å². The van der Waals surface area contributed by atoms with Gasteiger partial charge in [0.05, 0.1) is 15.5 Å². The third-order valence-electron chi connectivity index (χ3n) is 3.71. The monoisotopic (exact) mass is 368 g/mol. The van der Waals surface area contributed by atoms with Crippen LogP contribution in [0.5, 0.6) is 0 Å². The van der Waals surface area contributed by atoms with Gasteiger partial charge in [0.15, 0.2) is 8.24 Å². The third-order valence-corrected chi connectivity index (χ3v) is 13.6. The topological polar surface area (TPSA) is 75.7 Å². The minimum atomic E-state index is -3.00. The lowest BCUT2D eigenvalue weighted by Gasteiger charge is -2.32. The van der Waals surface area contributed by atoms with Crippen molar-refractivity contribution in [1.82, 2.24) is 0 Å². The van der Waals surface area contributed by atoms with Crippen LogP contribution < -0.4 is 5.14 Å². The summed E-state index contributed by atoms with van der Waals surface area (Å²) in [6.45, 7) is 13.6. The lowest BCUT2D eigenvalue weighted by molar-refractivity contribution is 0.0826. The zero-order valence-electron chi connectivity index (χ0n) is 13.7. The van der Waals surface area contributed by atoms with Crippen LogP contribution in [-0.4, -0.2) is 17.6 Å². The highest BCUT2D eigenvalue weighted by Gasteiger charge is 2.38. The first-order chi connectivity index (χ1) is 9.08. The molecule has 1 rings (SSSR count). The fraction of sp³-hybridized carbons (Fsp3) is 0.692. The maximum Gasteiger partial charge on any atom is 0.195 e. The molecule has 1 heterocycles. The summed E-state index contributed by atoms with van der Waals surface area (Å²) >= 11 is 7.31. The summed E-state index contributed by atoms with van der Waals surface area (Å²) in [7, 11) is -5.15. The molecule has 1 aromatic heterocycles. The van der Waals surface area contributed by atoms with E-state index in [2.05, 4.69) is 24.8 Å². The van der Waals surface area contributed by atoms with Crippen LogP contribution in [0, 0.1) is 0 Å². The number of nitrogens with two attached hydrogens (primary N) is 1. The maximum absolute atomic E-state index is 12.9. The van der Waals surface area contributed by atoms with Gasteiger partial charge in [0.25, 0.3) is 0 Å². The van der Waals surface area contributed by atoms with E-state index in [1.807, 2.05) is 13.1 Å². The molecule has 1 aromatic rings. The van der Waals surface area contributed by atoms with Crippen molar-refractivity contribution in [3.8, 4) is 0 Å². The van der Waals surface area contributed by atoms with Crippen LogP contribution in [0.25, 0.3) is 0 Å². The van der Waals surface area contributed by atoms with Gasteiger partial charge in [-0.3, -0.25) is 4.03 Å². The molecule has 0 aliphatic carbocycles. The number of rotatable bonds is 3. The van der Waals surface area contributed by atoms with Crippen molar-refractivity contribution in [2.24, 2.45) is 9.17 Å². The van der Waals surface area contributed by atoms with Gasteiger partial charge in [0.2, 0.25) is 0 Å². The normalized spacial score (nSPS) is 16.7. The second kappa shape index (κ2) is 5.61. The fourth-order valence-corrected chi connectivity index (χ4v) is 8.32. The minimum absolute atomic E-state index is 0.0465. The highest BCUT2D eigenvalue weighted by atomic mass is 35.5. The molecule has 0 aliphatic rings. The van der Waals surface area contributed by atoms with E-state index < -0.39 is 23.8 Å². The average Bonchev–Trinajstić information content (AvgIpc) is 2.56. The Morgan fingerprint density at radius 3 is 2.14 bits per heavy atom. The minimum Gasteiger partial charge on any atom is -0.385 e. The largest absolute Gasteiger partial charge is 0.385 e. The number of aliphatic hydroxyl groups is 1. The van der Waals surface area contributed by atoms with Crippen molar-refractivity contribution in [1.29, 1.82) is 0 Å². The predicted molar refractivity (Wildman–Crippen MR) is 94.8 cm³/mol. The van der Waals surface area contributed by atoms with Crippen molar-refractivity contribution < 1.29 is 9.32 Å². The van der Waals surface area contributed by atoms with Gasteiger partial charge in [0, 0.05) is 0 Å². The first kappa shape index (κ1) is 19.1. The molecule has 1 atom stereocenters. The van der Waals surface area contributed by atoms with Crippen LogP contribution in [0.2, 0.25) is 23.2 Å². The first-order valence-electron chi connectivity index (χ1n) is 6.66. The number of nitrogens with zero attached hydrogens (tertiary/aromatic N) is 1. The Morgan fingerprint density at radius 2 is 1.81 bits per heavy atom. The van der Waals surface area contributed by atoms with Gasteiger partial charge in [0.1, 0.15) is 14.1 Å². The molecule has 1 unspecified atom stereocenters. The van der Waals surface area contributed by atoms with Crippen molar-refractivity contribution in [3.05, 3.63) is 16.0 Å². The summed E-state index contributed by atoms with van der Waals surface area (Å²) in [4.78, 5) is 0.558. The molecule has 0 aromatic carbocycles. The average molecular weight is 369 g/mol. The van der Waals surface area contributed by atoms with Crippen LogP contribution in [0.1, 0.15) is 39.5 Å². The Morgan fingerprint density at radius 1 is 1.33 bits per heavy atom. The Hall–Kier alpha value is 0.0769. The van der Waals surface area contributed by atoms with Crippen LogP contribution in [0.15, 0.2) is 14.3 Å². The van der Waals surface area contributed by atoms with Gasteiger partial charge in [-0.2, -0.15) is 0 Å². The zero-order chi connectivity index (χ0) is 16.9. The van der Waals surface area contributed by atoms with Crippen LogP contribution >= 0.6 is 22.9 Å². The molecule has 3 N–H and O–H groups in total. The number of halogens is 1. The summed E-state index contributed by atoms with van der Waals surface area (Å²) in [6, 6.07) is 1.57. The molecule has 0 fully saturated rings. The van der Waals surface area contributed by atoms with E-state index in [1.54, 1.807) is 19.9 Å². The molecular weight excluding hydrogens is 344 g/mol. The second-order valence-electron chi connectivity index (χ2n) is 7.27. The summed E-state index contributed by atoms with van der Waals surface area (Å²) in [5.41, 5.74) is -1.09. The SMILES string of the molecule is CC(C)(O)c1sc(S(N)(=O)=N[Si](C)(C)C(C)(C)C)cc1Cl. The highest BCUT2D eigenvalue weighted by Crippen LogP contribution is 2.40. The number of hydrogen-bond acceptors (Lipinski definition) is 4. The summed E-state index contributed by atoms with van der Waals surface area (Å²) in [6.07, 6.45) is 0. The fourth-order valence-electron chi connectivity index (χ4n) is 1.43. The standard InChI is InChI=1S/C13H25ClN2O2S2Si/c1-12(2,3)21(6,7)16-20(15,18)10-8-9(14)11(19-10)13(4,5)17/h8,17H,1-7H3,(H2,15,16,18). The summed E-state index contributed by atoms with van der Waals surface area (Å²) < 4.78 is 17.8. The van der Waals surface area contributed by atoms with Crippen LogP contribution in [0.3, 0.4) is 0 Å². The maximum atomic E-state index is 12.9. The molecule has 0 bridgehead atoms. The van der Waals surface area contributed by atoms with Crippen molar-refractivity contribution in [2.75, 3.05) is 0 Å². The predicted octanol–water partition coefficient (Wildman–Crippen LogP) is 4.33. The van der Waals surface area contributed by atoms with Crippen molar-refractivity contribution >= 4 is 41.1 Å². The van der Waals surface area contributed by atoms with E-state index in [4.69, 9.17) is 16.7 Å². The van der Waals surface area contributed by atoms with Crippen molar-refractivity contribution in [3.63, 3.8) is 0 Å². The molecule has 0 radical (unpaired) electrons. The lowest BCUT2D eigenvalue weighted by Crippen LogP contribution is -2.37. The smallest absolute Gasteiger partial charge is 0.195 e. The first-order valence-corrected chi connectivity index (χ1v) is 12.4. The van der Waals surface area contributed by atoms with Gasteiger partial charge in [-0.1, -0.05) is 32.4 Å². The van der Waals surface area contributed by atoms with E-state index in [-0.39, 0.29) is 5.04 Å². The van der Waals surface area contributed by atoms with E-state index in [0.29, 0.717) is 14.1 Å². The molecule has 0 spiro atoms. The number of thiophene rings is 1. The van der Waals surface area contributed by atoms with Crippen LogP contribution in [-0.2, 0) is 15.5 Å². The van der Waals surface area contributed by atoms with Crippen LogP contribution in [0.4, 0.5) is 0 Å².